The van der Waals surface area contributed by atoms with Crippen molar-refractivity contribution in [2.24, 2.45) is 0 Å². The molecule has 0 aliphatic carbocycles. The first-order valence-corrected chi connectivity index (χ1v) is 10.9. The molecule has 2 aromatic heterocycles. The molecule has 0 unspecified atom stereocenters. The molecule has 6 nitrogen and oxygen atoms in total. The van der Waals surface area contributed by atoms with Gasteiger partial charge in [0.05, 0.1) is 19.3 Å². The first-order chi connectivity index (χ1) is 16.2. The summed E-state index contributed by atoms with van der Waals surface area (Å²) >= 11 is 0. The number of anilines is 1. The molecular formula is C27H21N5O. The van der Waals surface area contributed by atoms with Crippen LogP contribution >= 0.6 is 0 Å². The first kappa shape index (κ1) is 19.3. The zero-order valence-electron chi connectivity index (χ0n) is 17.8. The summed E-state index contributed by atoms with van der Waals surface area (Å²) in [6.45, 7) is 1.29. The molecule has 1 N–H and O–H groups in total. The Morgan fingerprint density at radius 1 is 0.848 bits per heavy atom. The van der Waals surface area contributed by atoms with Crippen LogP contribution in [0.25, 0.3) is 22.6 Å². The minimum absolute atomic E-state index is 0.0723. The molecule has 0 fully saturated rings. The summed E-state index contributed by atoms with van der Waals surface area (Å²) < 4.78 is 4.02. The molecule has 0 bridgehead atoms. The lowest BCUT2D eigenvalue weighted by Crippen LogP contribution is -2.03. The Labute approximate surface area is 190 Å². The molecule has 0 atom stereocenters. The molecule has 1 aliphatic rings. The zero-order chi connectivity index (χ0) is 22.2. The second-order valence-electron chi connectivity index (χ2n) is 8.18. The monoisotopic (exact) mass is 431 g/mol. The Hall–Kier alpha value is -4.45. The van der Waals surface area contributed by atoms with Crippen molar-refractivity contribution in [3.05, 3.63) is 114 Å². The number of fused-ring (bicyclic) bond motifs is 2. The van der Waals surface area contributed by atoms with Gasteiger partial charge >= 0.3 is 0 Å². The van der Waals surface area contributed by atoms with Gasteiger partial charge in [-0.2, -0.15) is 0 Å². The minimum Gasteiger partial charge on any atom is -0.341 e. The molecule has 160 valence electrons. The highest BCUT2D eigenvalue weighted by Gasteiger charge is 2.24. The number of para-hydroxylation sites is 2. The largest absolute Gasteiger partial charge is 0.341 e. The molecular weight excluding hydrogens is 410 g/mol. The summed E-state index contributed by atoms with van der Waals surface area (Å²) in [6, 6.07) is 26.2. The quantitative estimate of drug-likeness (QED) is 0.406. The van der Waals surface area contributed by atoms with E-state index in [4.69, 9.17) is 0 Å². The average molecular weight is 431 g/mol. The maximum absolute atomic E-state index is 12.6. The van der Waals surface area contributed by atoms with Crippen molar-refractivity contribution in [2.45, 2.75) is 13.1 Å². The van der Waals surface area contributed by atoms with Gasteiger partial charge in [0.2, 0.25) is 0 Å². The topological polar surface area (TPSA) is 64.7 Å². The molecule has 3 aromatic carbocycles. The van der Waals surface area contributed by atoms with E-state index in [1.807, 2.05) is 71.6 Å². The van der Waals surface area contributed by atoms with Crippen LogP contribution in [0.4, 0.5) is 5.69 Å². The third kappa shape index (κ3) is 3.61. The molecule has 0 saturated heterocycles. The van der Waals surface area contributed by atoms with Gasteiger partial charge in [0.1, 0.15) is 5.69 Å². The van der Waals surface area contributed by atoms with E-state index in [2.05, 4.69) is 50.7 Å². The number of rotatable bonds is 5. The van der Waals surface area contributed by atoms with E-state index in [1.54, 1.807) is 0 Å². The van der Waals surface area contributed by atoms with E-state index in [0.717, 1.165) is 33.4 Å². The van der Waals surface area contributed by atoms with Gasteiger partial charge < -0.3 is 9.88 Å². The standard InChI is InChI=1S/C27H21N5O/c33-27-24(23-11-4-6-12-25(23)28-27)14-20-16-31(26-13-7-5-10-22(20)26)17-21-18-32(30-29-21)15-19-8-2-1-3-9-19/h1-14,16,18H,15,17H2,(H,28,33). The first-order valence-electron chi connectivity index (χ1n) is 10.9. The van der Waals surface area contributed by atoms with Crippen LogP contribution < -0.4 is 5.32 Å². The SMILES string of the molecule is O=C1Nc2ccccc2C1=Cc1cn(Cc2cn(Cc3ccccc3)nn2)c2ccccc12. The lowest BCUT2D eigenvalue weighted by Gasteiger charge is -2.02. The molecule has 33 heavy (non-hydrogen) atoms. The molecule has 6 rings (SSSR count). The highest BCUT2D eigenvalue weighted by atomic mass is 16.2. The van der Waals surface area contributed by atoms with Crippen LogP contribution in [0.3, 0.4) is 0 Å². The molecule has 5 aromatic rings. The Kier molecular flexibility index (Phi) is 4.61. The molecule has 6 heteroatoms. The second kappa shape index (κ2) is 7.91. The van der Waals surface area contributed by atoms with Crippen molar-refractivity contribution in [3.8, 4) is 0 Å². The van der Waals surface area contributed by atoms with E-state index < -0.39 is 0 Å². The molecule has 3 heterocycles. The van der Waals surface area contributed by atoms with E-state index in [-0.39, 0.29) is 5.91 Å². The summed E-state index contributed by atoms with van der Waals surface area (Å²) in [5.41, 5.74) is 6.63. The molecule has 1 amide bonds. The fourth-order valence-corrected chi connectivity index (χ4v) is 4.39. The van der Waals surface area contributed by atoms with Crippen LogP contribution in [0.2, 0.25) is 0 Å². The number of nitrogens with one attached hydrogen (secondary N) is 1. The average Bonchev–Trinajstić information content (AvgIpc) is 3.52. The van der Waals surface area contributed by atoms with Gasteiger partial charge in [0.25, 0.3) is 5.91 Å². The summed E-state index contributed by atoms with van der Waals surface area (Å²) in [6.07, 6.45) is 6.05. The van der Waals surface area contributed by atoms with Gasteiger partial charge in [-0.15, -0.1) is 5.10 Å². The Morgan fingerprint density at radius 3 is 2.55 bits per heavy atom. The van der Waals surface area contributed by atoms with Crippen LogP contribution in [-0.2, 0) is 17.9 Å². The van der Waals surface area contributed by atoms with Crippen LogP contribution in [0.5, 0.6) is 0 Å². The van der Waals surface area contributed by atoms with Gasteiger partial charge in [0, 0.05) is 39.5 Å². The van der Waals surface area contributed by atoms with E-state index in [1.165, 1.54) is 5.56 Å². The van der Waals surface area contributed by atoms with Crippen molar-refractivity contribution in [2.75, 3.05) is 5.32 Å². The highest BCUT2D eigenvalue weighted by molar-refractivity contribution is 6.35. The van der Waals surface area contributed by atoms with E-state index >= 15 is 0 Å². The van der Waals surface area contributed by atoms with Crippen molar-refractivity contribution in [1.29, 1.82) is 0 Å². The third-order valence-electron chi connectivity index (χ3n) is 5.94. The predicted molar refractivity (Wildman–Crippen MR) is 130 cm³/mol. The smallest absolute Gasteiger partial charge is 0.256 e. The van der Waals surface area contributed by atoms with Gasteiger partial charge in [-0.05, 0) is 23.8 Å². The van der Waals surface area contributed by atoms with Crippen LogP contribution in [-0.4, -0.2) is 25.5 Å². The number of benzene rings is 3. The normalized spacial score (nSPS) is 14.1. The maximum Gasteiger partial charge on any atom is 0.256 e. The van der Waals surface area contributed by atoms with Crippen molar-refractivity contribution in [3.63, 3.8) is 0 Å². The number of nitrogens with zero attached hydrogens (tertiary/aromatic N) is 4. The fourth-order valence-electron chi connectivity index (χ4n) is 4.39. The van der Waals surface area contributed by atoms with E-state index in [0.29, 0.717) is 18.7 Å². The molecule has 0 radical (unpaired) electrons. The Bertz CT molecular complexity index is 1510. The highest BCUT2D eigenvalue weighted by Crippen LogP contribution is 2.34. The van der Waals surface area contributed by atoms with Gasteiger partial charge in [0.15, 0.2) is 0 Å². The number of carbonyl (C=O) groups is 1. The van der Waals surface area contributed by atoms with Crippen molar-refractivity contribution < 1.29 is 4.79 Å². The number of carbonyl (C=O) groups excluding carboxylic acids is 1. The van der Waals surface area contributed by atoms with Gasteiger partial charge in [-0.1, -0.05) is 71.9 Å². The number of hydrogen-bond acceptors (Lipinski definition) is 3. The predicted octanol–water partition coefficient (Wildman–Crippen LogP) is 4.82. The third-order valence-corrected chi connectivity index (χ3v) is 5.94. The molecule has 1 aliphatic heterocycles. The van der Waals surface area contributed by atoms with Crippen LogP contribution in [0.1, 0.15) is 22.4 Å². The van der Waals surface area contributed by atoms with Crippen LogP contribution in [0, 0.1) is 0 Å². The second-order valence-corrected chi connectivity index (χ2v) is 8.18. The number of hydrogen-bond donors (Lipinski definition) is 1. The lowest BCUT2D eigenvalue weighted by atomic mass is 10.0. The fraction of sp³-hybridized carbons (Fsp3) is 0.0741. The van der Waals surface area contributed by atoms with Gasteiger partial charge in [-0.3, -0.25) is 4.79 Å². The summed E-state index contributed by atoms with van der Waals surface area (Å²) in [5, 5.41) is 12.7. The van der Waals surface area contributed by atoms with Crippen LogP contribution in [0.15, 0.2) is 91.3 Å². The summed E-state index contributed by atoms with van der Waals surface area (Å²) in [4.78, 5) is 12.6. The summed E-state index contributed by atoms with van der Waals surface area (Å²) in [7, 11) is 0. The van der Waals surface area contributed by atoms with Crippen molar-refractivity contribution in [1.82, 2.24) is 19.6 Å². The number of amides is 1. The minimum atomic E-state index is -0.0723. The van der Waals surface area contributed by atoms with Gasteiger partial charge in [-0.25, -0.2) is 4.68 Å². The molecule has 0 saturated carbocycles. The van der Waals surface area contributed by atoms with Crippen molar-refractivity contribution >= 4 is 34.1 Å². The Morgan fingerprint density at radius 2 is 1.64 bits per heavy atom. The summed E-state index contributed by atoms with van der Waals surface area (Å²) in [5.74, 6) is -0.0723. The zero-order valence-corrected chi connectivity index (χ0v) is 17.8. The van der Waals surface area contributed by atoms with E-state index in [9.17, 15) is 4.79 Å². The maximum atomic E-state index is 12.6. The number of aromatic nitrogens is 4. The lowest BCUT2D eigenvalue weighted by molar-refractivity contribution is -0.110. The Balaban J connectivity index is 1.34. The molecule has 0 spiro atoms.